The van der Waals surface area contributed by atoms with Crippen LogP contribution in [-0.2, 0) is 0 Å². The molecule has 16 heavy (non-hydrogen) atoms. The summed E-state index contributed by atoms with van der Waals surface area (Å²) in [7, 11) is 2.02. The summed E-state index contributed by atoms with van der Waals surface area (Å²) in [6, 6.07) is 6.77. The van der Waals surface area contributed by atoms with Crippen LogP contribution in [0.3, 0.4) is 0 Å². The van der Waals surface area contributed by atoms with Crippen molar-refractivity contribution < 1.29 is 9.47 Å². The third kappa shape index (κ3) is 1.59. The molecule has 86 valence electrons. The number of rotatable bonds is 2. The summed E-state index contributed by atoms with van der Waals surface area (Å²) in [5.41, 5.74) is 1.22. The minimum absolute atomic E-state index is 0.345. The van der Waals surface area contributed by atoms with Crippen LogP contribution in [0.4, 0.5) is 5.69 Å². The van der Waals surface area contributed by atoms with Gasteiger partial charge < -0.3 is 19.7 Å². The van der Waals surface area contributed by atoms with Gasteiger partial charge >= 0.3 is 0 Å². The van der Waals surface area contributed by atoms with Crippen molar-refractivity contribution in [2.75, 3.05) is 31.8 Å². The molecular weight excluding hydrogens is 204 g/mol. The van der Waals surface area contributed by atoms with Gasteiger partial charge in [-0.05, 0) is 25.6 Å². The van der Waals surface area contributed by atoms with Crippen LogP contribution in [0.5, 0.6) is 11.5 Å². The Morgan fingerprint density at radius 3 is 3.00 bits per heavy atom. The SMILES string of the molecule is CNC1CCN(c2ccc3c(c2)OCO3)C1. The molecule has 1 N–H and O–H groups in total. The maximum Gasteiger partial charge on any atom is 0.231 e. The van der Waals surface area contributed by atoms with E-state index in [1.165, 1.54) is 12.1 Å². The van der Waals surface area contributed by atoms with Crippen LogP contribution in [-0.4, -0.2) is 33.0 Å². The van der Waals surface area contributed by atoms with Crippen LogP contribution >= 0.6 is 0 Å². The van der Waals surface area contributed by atoms with Crippen LogP contribution in [0, 0.1) is 0 Å². The molecular formula is C12H16N2O2. The van der Waals surface area contributed by atoms with Crippen molar-refractivity contribution in [2.24, 2.45) is 0 Å². The topological polar surface area (TPSA) is 33.7 Å². The zero-order valence-corrected chi connectivity index (χ0v) is 9.40. The zero-order chi connectivity index (χ0) is 11.0. The molecule has 0 saturated carbocycles. The van der Waals surface area contributed by atoms with E-state index in [9.17, 15) is 0 Å². The Morgan fingerprint density at radius 2 is 2.19 bits per heavy atom. The van der Waals surface area contributed by atoms with Crippen molar-refractivity contribution in [3.8, 4) is 11.5 Å². The van der Waals surface area contributed by atoms with Crippen molar-refractivity contribution >= 4 is 5.69 Å². The fraction of sp³-hybridized carbons (Fsp3) is 0.500. The second-order valence-corrected chi connectivity index (χ2v) is 4.26. The van der Waals surface area contributed by atoms with E-state index in [0.717, 1.165) is 24.6 Å². The number of hydrogen-bond donors (Lipinski definition) is 1. The van der Waals surface area contributed by atoms with Gasteiger partial charge in [0.2, 0.25) is 6.79 Å². The third-order valence-corrected chi connectivity index (χ3v) is 3.32. The predicted molar refractivity (Wildman–Crippen MR) is 62.2 cm³/mol. The molecule has 4 nitrogen and oxygen atoms in total. The van der Waals surface area contributed by atoms with Gasteiger partial charge in [0, 0.05) is 30.9 Å². The van der Waals surface area contributed by atoms with E-state index >= 15 is 0 Å². The Kier molecular flexibility index (Phi) is 2.36. The highest BCUT2D eigenvalue weighted by Gasteiger charge is 2.23. The van der Waals surface area contributed by atoms with E-state index in [1.54, 1.807) is 0 Å². The van der Waals surface area contributed by atoms with Crippen molar-refractivity contribution in [2.45, 2.75) is 12.5 Å². The van der Waals surface area contributed by atoms with Crippen molar-refractivity contribution in [1.29, 1.82) is 0 Å². The molecule has 3 rings (SSSR count). The standard InChI is InChI=1S/C12H16N2O2/c1-13-9-4-5-14(7-9)10-2-3-11-12(6-10)16-8-15-11/h2-3,6,9,13H,4-5,7-8H2,1H3. The molecule has 2 aliphatic rings. The summed E-state index contributed by atoms with van der Waals surface area (Å²) < 4.78 is 10.7. The zero-order valence-electron chi connectivity index (χ0n) is 9.40. The maximum absolute atomic E-state index is 5.39. The highest BCUT2D eigenvalue weighted by Crippen LogP contribution is 2.36. The van der Waals surface area contributed by atoms with Crippen LogP contribution in [0.25, 0.3) is 0 Å². The number of hydrogen-bond acceptors (Lipinski definition) is 4. The Morgan fingerprint density at radius 1 is 1.31 bits per heavy atom. The molecule has 0 spiro atoms. The summed E-state index contributed by atoms with van der Waals surface area (Å²) >= 11 is 0. The van der Waals surface area contributed by atoms with E-state index in [-0.39, 0.29) is 0 Å². The van der Waals surface area contributed by atoms with E-state index in [4.69, 9.17) is 9.47 Å². The van der Waals surface area contributed by atoms with Crippen LogP contribution < -0.4 is 19.7 Å². The predicted octanol–water partition coefficient (Wildman–Crippen LogP) is 1.21. The molecule has 1 aromatic carbocycles. The summed E-state index contributed by atoms with van der Waals surface area (Å²) in [5, 5.41) is 3.32. The summed E-state index contributed by atoms with van der Waals surface area (Å²) in [4.78, 5) is 2.38. The van der Waals surface area contributed by atoms with E-state index in [0.29, 0.717) is 12.8 Å². The van der Waals surface area contributed by atoms with Gasteiger partial charge in [-0.15, -0.1) is 0 Å². The smallest absolute Gasteiger partial charge is 0.231 e. The molecule has 0 amide bonds. The maximum atomic E-state index is 5.39. The average molecular weight is 220 g/mol. The van der Waals surface area contributed by atoms with E-state index < -0.39 is 0 Å². The van der Waals surface area contributed by atoms with Crippen LogP contribution in [0.2, 0.25) is 0 Å². The number of nitrogens with one attached hydrogen (secondary N) is 1. The van der Waals surface area contributed by atoms with E-state index in [1.807, 2.05) is 13.1 Å². The lowest BCUT2D eigenvalue weighted by atomic mass is 10.2. The molecule has 1 unspecified atom stereocenters. The fourth-order valence-electron chi connectivity index (χ4n) is 2.31. The molecule has 1 fully saturated rings. The molecule has 1 aromatic rings. The second kappa shape index (κ2) is 3.87. The normalized spacial score (nSPS) is 22.8. The first-order chi connectivity index (χ1) is 7.86. The third-order valence-electron chi connectivity index (χ3n) is 3.32. The number of benzene rings is 1. The van der Waals surface area contributed by atoms with Crippen molar-refractivity contribution in [3.05, 3.63) is 18.2 Å². The van der Waals surface area contributed by atoms with Gasteiger partial charge in [0.05, 0.1) is 0 Å². The van der Waals surface area contributed by atoms with Gasteiger partial charge in [-0.1, -0.05) is 0 Å². The van der Waals surface area contributed by atoms with Gasteiger partial charge in [0.25, 0.3) is 0 Å². The number of anilines is 1. The van der Waals surface area contributed by atoms with Gasteiger partial charge in [-0.25, -0.2) is 0 Å². The molecule has 2 heterocycles. The molecule has 4 heteroatoms. The summed E-state index contributed by atoms with van der Waals surface area (Å²) in [6.45, 7) is 2.51. The lowest BCUT2D eigenvalue weighted by Gasteiger charge is -2.18. The number of nitrogens with zero attached hydrogens (tertiary/aromatic N) is 1. The molecule has 1 saturated heterocycles. The summed E-state index contributed by atoms with van der Waals surface area (Å²) in [6.07, 6.45) is 1.20. The first-order valence-electron chi connectivity index (χ1n) is 5.68. The Hall–Kier alpha value is -1.42. The minimum Gasteiger partial charge on any atom is -0.454 e. The molecule has 0 radical (unpaired) electrons. The Bertz CT molecular complexity index is 395. The highest BCUT2D eigenvalue weighted by atomic mass is 16.7. The number of likely N-dealkylation sites (N-methyl/N-ethyl adjacent to an activating group) is 1. The fourth-order valence-corrected chi connectivity index (χ4v) is 2.31. The van der Waals surface area contributed by atoms with Crippen molar-refractivity contribution in [1.82, 2.24) is 5.32 Å². The quantitative estimate of drug-likeness (QED) is 0.812. The number of fused-ring (bicyclic) bond motifs is 1. The van der Waals surface area contributed by atoms with Gasteiger partial charge in [0.15, 0.2) is 11.5 Å². The number of ether oxygens (including phenoxy) is 2. The molecule has 0 aliphatic carbocycles. The Labute approximate surface area is 95.1 Å². The average Bonchev–Trinajstić information content (AvgIpc) is 2.96. The molecule has 0 aromatic heterocycles. The second-order valence-electron chi connectivity index (χ2n) is 4.26. The molecule has 0 bridgehead atoms. The monoisotopic (exact) mass is 220 g/mol. The van der Waals surface area contributed by atoms with Crippen LogP contribution in [0.15, 0.2) is 18.2 Å². The van der Waals surface area contributed by atoms with Gasteiger partial charge in [-0.2, -0.15) is 0 Å². The molecule has 2 aliphatic heterocycles. The van der Waals surface area contributed by atoms with Gasteiger partial charge in [-0.3, -0.25) is 0 Å². The lowest BCUT2D eigenvalue weighted by molar-refractivity contribution is 0.174. The summed E-state index contributed by atoms with van der Waals surface area (Å²) in [5.74, 6) is 1.72. The van der Waals surface area contributed by atoms with Crippen LogP contribution in [0.1, 0.15) is 6.42 Å². The first kappa shape index (κ1) is 9.78. The molecule has 1 atom stereocenters. The van der Waals surface area contributed by atoms with E-state index in [2.05, 4.69) is 22.3 Å². The Balaban J connectivity index is 1.80. The van der Waals surface area contributed by atoms with Crippen molar-refractivity contribution in [3.63, 3.8) is 0 Å². The highest BCUT2D eigenvalue weighted by molar-refractivity contribution is 5.57. The minimum atomic E-state index is 0.345. The first-order valence-corrected chi connectivity index (χ1v) is 5.68. The lowest BCUT2D eigenvalue weighted by Crippen LogP contribution is -2.29. The van der Waals surface area contributed by atoms with Gasteiger partial charge in [0.1, 0.15) is 0 Å². The largest absolute Gasteiger partial charge is 0.454 e.